The number of aryl methyl sites for hydroxylation is 1. The minimum atomic E-state index is -0.625. The highest BCUT2D eigenvalue weighted by atomic mass is 16.3. The maximum Gasteiger partial charge on any atom is 0.157 e. The van der Waals surface area contributed by atoms with Crippen LogP contribution < -0.4 is 4.90 Å². The maximum atomic E-state index is 11.0. The molecule has 5 nitrogen and oxygen atoms in total. The lowest BCUT2D eigenvalue weighted by atomic mass is 9.85. The smallest absolute Gasteiger partial charge is 0.157 e. The molecule has 0 unspecified atom stereocenters. The summed E-state index contributed by atoms with van der Waals surface area (Å²) in [5.41, 5.74) is 2.59. The van der Waals surface area contributed by atoms with Gasteiger partial charge in [-0.3, -0.25) is 0 Å². The van der Waals surface area contributed by atoms with E-state index in [1.165, 1.54) is 5.56 Å². The molecule has 1 aliphatic rings. The van der Waals surface area contributed by atoms with Crippen molar-refractivity contribution in [1.29, 1.82) is 0 Å². The number of aromatic nitrogens is 3. The Hall–Kier alpha value is -2.40. The van der Waals surface area contributed by atoms with Crippen molar-refractivity contribution in [2.24, 2.45) is 0 Å². The summed E-state index contributed by atoms with van der Waals surface area (Å²) >= 11 is 0. The molecule has 1 fully saturated rings. The van der Waals surface area contributed by atoms with Crippen LogP contribution in [0.2, 0.25) is 0 Å². The molecule has 0 bridgehead atoms. The first-order valence-corrected chi connectivity index (χ1v) is 9.52. The molecule has 1 aliphatic heterocycles. The molecule has 1 saturated heterocycles. The van der Waals surface area contributed by atoms with Crippen LogP contribution in [0.3, 0.4) is 0 Å². The Labute approximate surface area is 154 Å². The summed E-state index contributed by atoms with van der Waals surface area (Å²) in [7, 11) is 0. The third-order valence-corrected chi connectivity index (χ3v) is 5.29. The Bertz CT molecular complexity index is 866. The van der Waals surface area contributed by atoms with E-state index < -0.39 is 5.60 Å². The number of rotatable bonds is 5. The summed E-state index contributed by atoms with van der Waals surface area (Å²) in [6.45, 7) is 3.83. The SMILES string of the molecule is CCCc1cc(N2CCC(O)(Cc3ccccc3)CC2)n2nccc2n1. The van der Waals surface area contributed by atoms with E-state index in [2.05, 4.69) is 40.1 Å². The quantitative estimate of drug-likeness (QED) is 0.767. The molecule has 0 spiro atoms. The predicted octanol–water partition coefficient (Wildman–Crippen LogP) is 3.26. The highest BCUT2D eigenvalue weighted by molar-refractivity contribution is 5.51. The van der Waals surface area contributed by atoms with Gasteiger partial charge in [0, 0.05) is 37.3 Å². The molecule has 4 rings (SSSR count). The highest BCUT2D eigenvalue weighted by Crippen LogP contribution is 2.29. The fourth-order valence-corrected chi connectivity index (χ4v) is 3.86. The molecule has 0 atom stereocenters. The van der Waals surface area contributed by atoms with E-state index in [9.17, 15) is 5.11 Å². The second-order valence-corrected chi connectivity index (χ2v) is 7.33. The molecular weight excluding hydrogens is 324 g/mol. The predicted molar refractivity (Wildman–Crippen MR) is 104 cm³/mol. The molecule has 0 radical (unpaired) electrons. The minimum Gasteiger partial charge on any atom is -0.389 e. The second kappa shape index (κ2) is 7.08. The Balaban J connectivity index is 1.53. The summed E-state index contributed by atoms with van der Waals surface area (Å²) in [5.74, 6) is 1.09. The van der Waals surface area contributed by atoms with Crippen molar-refractivity contribution in [3.8, 4) is 0 Å². The summed E-state index contributed by atoms with van der Waals surface area (Å²) in [4.78, 5) is 7.02. The topological polar surface area (TPSA) is 53.7 Å². The standard InChI is InChI=1S/C21H26N4O/c1-2-6-18-15-20(25-19(23-18)9-12-22-25)24-13-10-21(26,11-14-24)16-17-7-4-3-5-8-17/h3-5,7-9,12,15,26H,2,6,10-11,13-14,16H2,1H3. The first-order chi connectivity index (χ1) is 12.7. The average molecular weight is 350 g/mol. The first kappa shape index (κ1) is 17.0. The zero-order valence-electron chi connectivity index (χ0n) is 15.3. The number of anilines is 1. The number of fused-ring (bicyclic) bond motifs is 1. The maximum absolute atomic E-state index is 11.0. The minimum absolute atomic E-state index is 0.625. The van der Waals surface area contributed by atoms with E-state index in [1.807, 2.05) is 28.8 Å². The zero-order valence-corrected chi connectivity index (χ0v) is 15.3. The van der Waals surface area contributed by atoms with E-state index in [4.69, 9.17) is 0 Å². The van der Waals surface area contributed by atoms with E-state index in [0.717, 1.165) is 62.4 Å². The van der Waals surface area contributed by atoms with Gasteiger partial charge in [0.2, 0.25) is 0 Å². The third kappa shape index (κ3) is 3.44. The van der Waals surface area contributed by atoms with Crippen molar-refractivity contribution in [2.75, 3.05) is 18.0 Å². The molecule has 3 heterocycles. The van der Waals surface area contributed by atoms with Crippen molar-refractivity contribution >= 4 is 11.5 Å². The Morgan fingerprint density at radius 1 is 1.12 bits per heavy atom. The lowest BCUT2D eigenvalue weighted by Gasteiger charge is -2.39. The largest absolute Gasteiger partial charge is 0.389 e. The monoisotopic (exact) mass is 350 g/mol. The van der Waals surface area contributed by atoms with Gasteiger partial charge in [0.25, 0.3) is 0 Å². The summed E-state index contributed by atoms with van der Waals surface area (Å²) in [6.07, 6.45) is 6.09. The summed E-state index contributed by atoms with van der Waals surface area (Å²) in [6, 6.07) is 14.4. The molecule has 0 aliphatic carbocycles. The molecule has 3 aromatic rings. The Morgan fingerprint density at radius 2 is 1.88 bits per heavy atom. The van der Waals surface area contributed by atoms with Crippen LogP contribution in [-0.4, -0.2) is 38.4 Å². The highest BCUT2D eigenvalue weighted by Gasteiger charge is 2.33. The fourth-order valence-electron chi connectivity index (χ4n) is 3.86. The lowest BCUT2D eigenvalue weighted by molar-refractivity contribution is 0.0163. The number of aliphatic hydroxyl groups is 1. The first-order valence-electron chi connectivity index (χ1n) is 9.52. The van der Waals surface area contributed by atoms with Crippen LogP contribution in [-0.2, 0) is 12.8 Å². The molecule has 0 saturated carbocycles. The van der Waals surface area contributed by atoms with Crippen LogP contribution in [0.4, 0.5) is 5.82 Å². The van der Waals surface area contributed by atoms with Gasteiger partial charge in [-0.2, -0.15) is 9.61 Å². The lowest BCUT2D eigenvalue weighted by Crippen LogP contribution is -2.46. The van der Waals surface area contributed by atoms with Gasteiger partial charge >= 0.3 is 0 Å². The third-order valence-electron chi connectivity index (χ3n) is 5.29. The number of piperidine rings is 1. The van der Waals surface area contributed by atoms with E-state index in [-0.39, 0.29) is 0 Å². The van der Waals surface area contributed by atoms with E-state index in [0.29, 0.717) is 0 Å². The van der Waals surface area contributed by atoms with Crippen molar-refractivity contribution in [2.45, 2.75) is 44.6 Å². The molecule has 2 aromatic heterocycles. The van der Waals surface area contributed by atoms with Crippen molar-refractivity contribution in [1.82, 2.24) is 14.6 Å². The van der Waals surface area contributed by atoms with Crippen LogP contribution in [0, 0.1) is 0 Å². The van der Waals surface area contributed by atoms with Crippen LogP contribution in [0.25, 0.3) is 5.65 Å². The number of nitrogens with zero attached hydrogens (tertiary/aromatic N) is 4. The van der Waals surface area contributed by atoms with Crippen molar-refractivity contribution in [3.63, 3.8) is 0 Å². The fraction of sp³-hybridized carbons (Fsp3) is 0.429. The summed E-state index contributed by atoms with van der Waals surface area (Å²) < 4.78 is 1.92. The number of hydrogen-bond donors (Lipinski definition) is 1. The van der Waals surface area contributed by atoms with Gasteiger partial charge < -0.3 is 10.0 Å². The van der Waals surface area contributed by atoms with Crippen molar-refractivity contribution in [3.05, 3.63) is 59.9 Å². The molecule has 26 heavy (non-hydrogen) atoms. The van der Waals surface area contributed by atoms with Crippen LogP contribution in [0.1, 0.15) is 37.4 Å². The summed E-state index contributed by atoms with van der Waals surface area (Å²) in [5, 5.41) is 15.5. The van der Waals surface area contributed by atoms with Crippen molar-refractivity contribution < 1.29 is 5.11 Å². The molecule has 1 aromatic carbocycles. The van der Waals surface area contributed by atoms with Gasteiger partial charge in [-0.05, 0) is 24.8 Å². The van der Waals surface area contributed by atoms with Gasteiger partial charge in [-0.15, -0.1) is 0 Å². The van der Waals surface area contributed by atoms with E-state index in [1.54, 1.807) is 6.20 Å². The van der Waals surface area contributed by atoms with Gasteiger partial charge in [-0.25, -0.2) is 4.98 Å². The zero-order chi connectivity index (χ0) is 18.0. The van der Waals surface area contributed by atoms with E-state index >= 15 is 0 Å². The normalized spacial score (nSPS) is 16.9. The van der Waals surface area contributed by atoms with Crippen LogP contribution in [0.15, 0.2) is 48.7 Å². The molecule has 1 N–H and O–H groups in total. The van der Waals surface area contributed by atoms with Gasteiger partial charge in [-0.1, -0.05) is 43.7 Å². The second-order valence-electron chi connectivity index (χ2n) is 7.33. The number of benzene rings is 1. The average Bonchev–Trinajstić information content (AvgIpc) is 3.11. The van der Waals surface area contributed by atoms with Gasteiger partial charge in [0.05, 0.1) is 11.8 Å². The van der Waals surface area contributed by atoms with Crippen LogP contribution in [0.5, 0.6) is 0 Å². The molecule has 5 heteroatoms. The Morgan fingerprint density at radius 3 is 2.62 bits per heavy atom. The van der Waals surface area contributed by atoms with Crippen LogP contribution >= 0.6 is 0 Å². The van der Waals surface area contributed by atoms with Gasteiger partial charge in [0.15, 0.2) is 5.65 Å². The van der Waals surface area contributed by atoms with Gasteiger partial charge in [0.1, 0.15) is 5.82 Å². The Kier molecular flexibility index (Phi) is 4.64. The molecule has 136 valence electrons. The molecule has 0 amide bonds. The number of hydrogen-bond acceptors (Lipinski definition) is 4. The molecular formula is C21H26N4O.